The molecule has 0 aliphatic carbocycles. The molecule has 1 N–H and O–H groups in total. The van der Waals surface area contributed by atoms with Gasteiger partial charge in [-0.3, -0.25) is 0 Å². The van der Waals surface area contributed by atoms with E-state index in [-0.39, 0.29) is 5.82 Å². The molecule has 0 fully saturated rings. The third kappa shape index (κ3) is 2.87. The van der Waals surface area contributed by atoms with Crippen LogP contribution in [0.3, 0.4) is 0 Å². The van der Waals surface area contributed by atoms with E-state index in [1.165, 1.54) is 23.3 Å². The van der Waals surface area contributed by atoms with Gasteiger partial charge < -0.3 is 10.1 Å². The molecule has 0 spiro atoms. The number of halogens is 1. The third-order valence-corrected chi connectivity index (χ3v) is 3.34. The lowest BCUT2D eigenvalue weighted by Crippen LogP contribution is -2.04. The normalized spacial score (nSPS) is 12.9. The van der Waals surface area contributed by atoms with Gasteiger partial charge in [0.15, 0.2) is 0 Å². The molecule has 0 atom stereocenters. The fraction of sp³-hybridized carbons (Fsp3) is 0.250. The summed E-state index contributed by atoms with van der Waals surface area (Å²) in [7, 11) is 0. The largest absolute Gasteiger partial charge is 0.493 e. The third-order valence-electron chi connectivity index (χ3n) is 3.34. The van der Waals surface area contributed by atoms with Crippen LogP contribution in [0.1, 0.15) is 11.1 Å². The van der Waals surface area contributed by atoms with Crippen molar-refractivity contribution in [1.82, 2.24) is 0 Å². The van der Waals surface area contributed by atoms with E-state index in [4.69, 9.17) is 4.74 Å². The molecule has 0 saturated heterocycles. The highest BCUT2D eigenvalue weighted by molar-refractivity contribution is 5.43. The Balaban J connectivity index is 1.56. The Labute approximate surface area is 112 Å². The molecular formula is C16H16FNO. The number of hydrogen-bond donors (Lipinski definition) is 1. The van der Waals surface area contributed by atoms with Crippen molar-refractivity contribution < 1.29 is 9.13 Å². The van der Waals surface area contributed by atoms with Crippen molar-refractivity contribution in [3.8, 4) is 5.75 Å². The first kappa shape index (κ1) is 12.0. The number of hydrogen-bond acceptors (Lipinski definition) is 2. The minimum absolute atomic E-state index is 0.204. The summed E-state index contributed by atoms with van der Waals surface area (Å²) < 4.78 is 18.2. The molecule has 2 aromatic rings. The zero-order chi connectivity index (χ0) is 13.1. The molecule has 0 saturated carbocycles. The minimum atomic E-state index is -0.204. The van der Waals surface area contributed by atoms with Crippen LogP contribution in [0.2, 0.25) is 0 Å². The summed E-state index contributed by atoms with van der Waals surface area (Å²) in [6.45, 7) is 1.64. The van der Waals surface area contributed by atoms with Gasteiger partial charge in [0, 0.05) is 18.7 Å². The monoisotopic (exact) mass is 257 g/mol. The summed E-state index contributed by atoms with van der Waals surface area (Å²) in [4.78, 5) is 0. The lowest BCUT2D eigenvalue weighted by atomic mass is 10.1. The van der Waals surface area contributed by atoms with E-state index in [0.29, 0.717) is 0 Å². The van der Waals surface area contributed by atoms with Crippen LogP contribution in [0.4, 0.5) is 10.1 Å². The Morgan fingerprint density at radius 2 is 1.95 bits per heavy atom. The lowest BCUT2D eigenvalue weighted by Gasteiger charge is -2.07. The zero-order valence-electron chi connectivity index (χ0n) is 10.7. The molecule has 2 nitrogen and oxygen atoms in total. The van der Waals surface area contributed by atoms with Crippen molar-refractivity contribution in [3.63, 3.8) is 0 Å². The first-order chi connectivity index (χ1) is 9.31. The van der Waals surface area contributed by atoms with Gasteiger partial charge in [0.05, 0.1) is 6.61 Å². The maximum Gasteiger partial charge on any atom is 0.123 e. The highest BCUT2D eigenvalue weighted by atomic mass is 19.1. The Kier molecular flexibility index (Phi) is 3.36. The topological polar surface area (TPSA) is 21.3 Å². The Hall–Kier alpha value is -2.03. The van der Waals surface area contributed by atoms with Crippen LogP contribution >= 0.6 is 0 Å². The maximum absolute atomic E-state index is 12.8. The van der Waals surface area contributed by atoms with Crippen LogP contribution in [-0.4, -0.2) is 13.2 Å². The van der Waals surface area contributed by atoms with Crippen molar-refractivity contribution >= 4 is 5.69 Å². The summed E-state index contributed by atoms with van der Waals surface area (Å²) in [6.07, 6.45) is 1.96. The van der Waals surface area contributed by atoms with E-state index < -0.39 is 0 Å². The van der Waals surface area contributed by atoms with E-state index in [9.17, 15) is 4.39 Å². The number of benzene rings is 2. The van der Waals surface area contributed by atoms with Crippen LogP contribution in [0.5, 0.6) is 5.75 Å². The molecule has 0 radical (unpaired) electrons. The summed E-state index contributed by atoms with van der Waals surface area (Å²) in [5.41, 5.74) is 3.56. The van der Waals surface area contributed by atoms with E-state index >= 15 is 0 Å². The molecule has 0 unspecified atom stereocenters. The van der Waals surface area contributed by atoms with Gasteiger partial charge in [-0.1, -0.05) is 12.1 Å². The predicted molar refractivity (Wildman–Crippen MR) is 74.2 cm³/mol. The number of fused-ring (bicyclic) bond motifs is 1. The summed E-state index contributed by atoms with van der Waals surface area (Å²) in [5.74, 6) is 0.819. The van der Waals surface area contributed by atoms with Crippen molar-refractivity contribution in [1.29, 1.82) is 0 Å². The molecule has 1 aliphatic heterocycles. The van der Waals surface area contributed by atoms with Crippen LogP contribution in [-0.2, 0) is 12.8 Å². The van der Waals surface area contributed by atoms with Crippen LogP contribution < -0.4 is 10.1 Å². The van der Waals surface area contributed by atoms with Gasteiger partial charge >= 0.3 is 0 Å². The fourth-order valence-corrected chi connectivity index (χ4v) is 2.31. The average molecular weight is 257 g/mol. The van der Waals surface area contributed by atoms with Crippen LogP contribution in [0.25, 0.3) is 0 Å². The predicted octanol–water partition coefficient (Wildman–Crippen LogP) is 3.42. The van der Waals surface area contributed by atoms with Gasteiger partial charge in [-0.05, 0) is 47.9 Å². The molecule has 19 heavy (non-hydrogen) atoms. The molecule has 0 aromatic heterocycles. The molecule has 1 heterocycles. The lowest BCUT2D eigenvalue weighted by molar-refractivity contribution is 0.357. The molecule has 0 bridgehead atoms. The molecule has 3 rings (SSSR count). The van der Waals surface area contributed by atoms with E-state index in [2.05, 4.69) is 23.5 Å². The van der Waals surface area contributed by atoms with Crippen molar-refractivity contribution in [2.45, 2.75) is 12.8 Å². The van der Waals surface area contributed by atoms with E-state index in [1.807, 2.05) is 0 Å². The second-order valence-corrected chi connectivity index (χ2v) is 4.72. The van der Waals surface area contributed by atoms with Gasteiger partial charge in [-0.2, -0.15) is 0 Å². The van der Waals surface area contributed by atoms with Gasteiger partial charge in [-0.25, -0.2) is 4.39 Å². The first-order valence-corrected chi connectivity index (χ1v) is 6.55. The molecular weight excluding hydrogens is 241 g/mol. The van der Waals surface area contributed by atoms with Crippen LogP contribution in [0.15, 0.2) is 42.5 Å². The summed E-state index contributed by atoms with van der Waals surface area (Å²) in [5, 5.41) is 3.29. The Morgan fingerprint density at radius 3 is 2.79 bits per heavy atom. The number of rotatable bonds is 4. The van der Waals surface area contributed by atoms with Gasteiger partial charge in [0.2, 0.25) is 0 Å². The zero-order valence-corrected chi connectivity index (χ0v) is 10.7. The Morgan fingerprint density at radius 1 is 1.11 bits per heavy atom. The second kappa shape index (κ2) is 5.31. The summed E-state index contributed by atoms with van der Waals surface area (Å²) in [6, 6.07) is 12.8. The minimum Gasteiger partial charge on any atom is -0.493 e. The molecule has 1 aliphatic rings. The second-order valence-electron chi connectivity index (χ2n) is 4.72. The standard InChI is InChI=1S/C16H16FNO/c17-14-2-4-15(5-3-14)18-9-7-12-1-6-16-13(11-12)8-10-19-16/h1-6,11,18H,7-10H2. The maximum atomic E-state index is 12.8. The number of anilines is 1. The number of ether oxygens (including phenoxy) is 1. The van der Waals surface area contributed by atoms with Gasteiger partial charge in [0.25, 0.3) is 0 Å². The average Bonchev–Trinajstić information content (AvgIpc) is 2.88. The molecule has 3 heteroatoms. The fourth-order valence-electron chi connectivity index (χ4n) is 2.31. The highest BCUT2D eigenvalue weighted by Gasteiger charge is 2.11. The number of nitrogens with one attached hydrogen (secondary N) is 1. The first-order valence-electron chi connectivity index (χ1n) is 6.55. The van der Waals surface area contributed by atoms with Gasteiger partial charge in [-0.15, -0.1) is 0 Å². The van der Waals surface area contributed by atoms with Crippen molar-refractivity contribution in [3.05, 3.63) is 59.4 Å². The van der Waals surface area contributed by atoms with E-state index in [0.717, 1.165) is 37.4 Å². The van der Waals surface area contributed by atoms with Gasteiger partial charge in [0.1, 0.15) is 11.6 Å². The Bertz CT molecular complexity index is 565. The molecule has 2 aromatic carbocycles. The summed E-state index contributed by atoms with van der Waals surface area (Å²) >= 11 is 0. The van der Waals surface area contributed by atoms with E-state index in [1.54, 1.807) is 12.1 Å². The van der Waals surface area contributed by atoms with Crippen LogP contribution in [0, 0.1) is 5.82 Å². The smallest absolute Gasteiger partial charge is 0.123 e. The molecule has 0 amide bonds. The highest BCUT2D eigenvalue weighted by Crippen LogP contribution is 2.25. The quantitative estimate of drug-likeness (QED) is 0.906. The molecule has 98 valence electrons. The van der Waals surface area contributed by atoms with Crippen molar-refractivity contribution in [2.75, 3.05) is 18.5 Å². The SMILES string of the molecule is Fc1ccc(NCCc2ccc3c(c2)CCO3)cc1. The van der Waals surface area contributed by atoms with Crippen molar-refractivity contribution in [2.24, 2.45) is 0 Å².